The monoisotopic (exact) mass is 329 g/mol. The highest BCUT2D eigenvalue weighted by Crippen LogP contribution is 2.24. The second-order valence-electron chi connectivity index (χ2n) is 4.23. The van der Waals surface area contributed by atoms with E-state index >= 15 is 0 Å². The van der Waals surface area contributed by atoms with Crippen molar-refractivity contribution in [1.29, 1.82) is 0 Å². The van der Waals surface area contributed by atoms with Gasteiger partial charge >= 0.3 is 0 Å². The zero-order valence-electron chi connectivity index (χ0n) is 9.90. The molecule has 1 atom stereocenters. The number of rotatable bonds is 3. The van der Waals surface area contributed by atoms with Crippen LogP contribution in [0.4, 0.5) is 0 Å². The van der Waals surface area contributed by atoms with Gasteiger partial charge in [-0.1, -0.05) is 22.0 Å². The first kappa shape index (κ1) is 13.3. The van der Waals surface area contributed by atoms with E-state index < -0.39 is 15.1 Å². The molecular formula is C12H12BrNO3S. The molecule has 6 heteroatoms. The van der Waals surface area contributed by atoms with Crippen LogP contribution in [0.25, 0.3) is 10.9 Å². The largest absolute Gasteiger partial charge is 0.360 e. The minimum absolute atomic E-state index is 0.383. The van der Waals surface area contributed by atoms with Gasteiger partial charge in [-0.2, -0.15) is 0 Å². The molecule has 2 aromatic rings. The summed E-state index contributed by atoms with van der Waals surface area (Å²) in [6.07, 6.45) is 2.63. The van der Waals surface area contributed by atoms with Crippen LogP contribution in [-0.2, 0) is 9.84 Å². The van der Waals surface area contributed by atoms with Crippen LogP contribution in [0.3, 0.4) is 0 Å². The molecule has 4 nitrogen and oxygen atoms in total. The van der Waals surface area contributed by atoms with E-state index in [1.807, 2.05) is 12.1 Å². The first-order valence-electron chi connectivity index (χ1n) is 5.30. The average Bonchev–Trinajstić information content (AvgIpc) is 2.68. The third-order valence-electron chi connectivity index (χ3n) is 2.92. The number of sulfone groups is 1. The average molecular weight is 330 g/mol. The molecule has 0 spiro atoms. The Kier molecular flexibility index (Phi) is 3.33. The van der Waals surface area contributed by atoms with Crippen LogP contribution in [0.15, 0.2) is 28.9 Å². The van der Waals surface area contributed by atoms with Crippen molar-refractivity contribution in [3.05, 3.63) is 34.4 Å². The Hall–Kier alpha value is -1.14. The number of benzene rings is 1. The standard InChI is InChI=1S/C12H12BrNO3S/c1-7(18(2,16)17)12(15)10-6-14-11-5-8(13)3-4-9(10)11/h3-7,14H,1-2H3. The molecule has 0 aliphatic carbocycles. The molecule has 18 heavy (non-hydrogen) atoms. The molecule has 0 aliphatic heterocycles. The predicted molar refractivity (Wildman–Crippen MR) is 74.6 cm³/mol. The molecule has 1 aromatic carbocycles. The molecule has 0 bridgehead atoms. The van der Waals surface area contributed by atoms with Crippen molar-refractivity contribution in [2.45, 2.75) is 12.2 Å². The fourth-order valence-electron chi connectivity index (χ4n) is 1.72. The molecule has 0 fully saturated rings. The molecule has 0 saturated carbocycles. The number of carbonyl (C=O) groups excluding carboxylic acids is 1. The number of fused-ring (bicyclic) bond motifs is 1. The second kappa shape index (κ2) is 4.51. The van der Waals surface area contributed by atoms with Crippen LogP contribution in [0.5, 0.6) is 0 Å². The Labute approximate surface area is 113 Å². The van der Waals surface area contributed by atoms with Crippen LogP contribution >= 0.6 is 15.9 Å². The summed E-state index contributed by atoms with van der Waals surface area (Å²) < 4.78 is 23.7. The molecule has 0 amide bonds. The lowest BCUT2D eigenvalue weighted by atomic mass is 10.1. The molecule has 1 N–H and O–H groups in total. The third kappa shape index (κ3) is 2.35. The second-order valence-corrected chi connectivity index (χ2v) is 7.51. The highest BCUT2D eigenvalue weighted by molar-refractivity contribution is 9.10. The van der Waals surface area contributed by atoms with Gasteiger partial charge in [0, 0.05) is 33.4 Å². The summed E-state index contributed by atoms with van der Waals surface area (Å²) in [6, 6.07) is 5.45. The number of halogens is 1. The van der Waals surface area contributed by atoms with Crippen molar-refractivity contribution >= 4 is 42.5 Å². The van der Waals surface area contributed by atoms with Gasteiger partial charge in [-0.05, 0) is 19.1 Å². The van der Waals surface area contributed by atoms with Crippen LogP contribution in [0.2, 0.25) is 0 Å². The SMILES string of the molecule is CC(C(=O)c1c[nH]c2cc(Br)ccc12)S(C)(=O)=O. The normalized spacial score (nSPS) is 13.7. The Balaban J connectivity index is 2.53. The number of ketones is 1. The van der Waals surface area contributed by atoms with Crippen LogP contribution in [0.1, 0.15) is 17.3 Å². The summed E-state index contributed by atoms with van der Waals surface area (Å²) in [5.74, 6) is -0.383. The number of H-pyrrole nitrogens is 1. The van der Waals surface area contributed by atoms with Crippen molar-refractivity contribution in [3.8, 4) is 0 Å². The lowest BCUT2D eigenvalue weighted by Crippen LogP contribution is -2.26. The maximum absolute atomic E-state index is 12.1. The number of hydrogen-bond donors (Lipinski definition) is 1. The first-order chi connectivity index (χ1) is 8.30. The highest BCUT2D eigenvalue weighted by atomic mass is 79.9. The quantitative estimate of drug-likeness (QED) is 0.880. The van der Waals surface area contributed by atoms with Crippen LogP contribution < -0.4 is 0 Å². The zero-order valence-corrected chi connectivity index (χ0v) is 12.3. The van der Waals surface area contributed by atoms with Crippen molar-refractivity contribution < 1.29 is 13.2 Å². The van der Waals surface area contributed by atoms with Crippen LogP contribution in [-0.4, -0.2) is 30.7 Å². The van der Waals surface area contributed by atoms with Gasteiger partial charge in [-0.15, -0.1) is 0 Å². The van der Waals surface area contributed by atoms with Crippen molar-refractivity contribution in [1.82, 2.24) is 4.98 Å². The van der Waals surface area contributed by atoms with Crippen molar-refractivity contribution in [2.75, 3.05) is 6.26 Å². The molecule has 96 valence electrons. The predicted octanol–water partition coefficient (Wildman–Crippen LogP) is 2.55. The van der Waals surface area contributed by atoms with E-state index in [2.05, 4.69) is 20.9 Å². The zero-order chi connectivity index (χ0) is 13.5. The lowest BCUT2D eigenvalue weighted by Gasteiger charge is -2.07. The van der Waals surface area contributed by atoms with E-state index in [1.54, 1.807) is 12.3 Å². The van der Waals surface area contributed by atoms with E-state index in [1.165, 1.54) is 6.92 Å². The first-order valence-corrected chi connectivity index (χ1v) is 8.05. The minimum Gasteiger partial charge on any atom is -0.360 e. The van der Waals surface area contributed by atoms with Gasteiger partial charge in [-0.3, -0.25) is 4.79 Å². The molecule has 1 aromatic heterocycles. The van der Waals surface area contributed by atoms with Crippen molar-refractivity contribution in [3.63, 3.8) is 0 Å². The topological polar surface area (TPSA) is 67.0 Å². The summed E-state index contributed by atoms with van der Waals surface area (Å²) in [7, 11) is -3.38. The molecule has 2 rings (SSSR count). The maximum atomic E-state index is 12.1. The van der Waals surface area contributed by atoms with E-state index in [0.29, 0.717) is 5.56 Å². The fourth-order valence-corrected chi connectivity index (χ4v) is 2.59. The van der Waals surface area contributed by atoms with Gasteiger partial charge in [0.25, 0.3) is 0 Å². The molecule has 0 radical (unpaired) electrons. The van der Waals surface area contributed by atoms with Gasteiger partial charge in [0.2, 0.25) is 0 Å². The molecule has 0 aliphatic rings. The molecule has 1 unspecified atom stereocenters. The number of hydrogen-bond acceptors (Lipinski definition) is 3. The summed E-state index contributed by atoms with van der Waals surface area (Å²) in [6.45, 7) is 1.41. The van der Waals surface area contributed by atoms with Gasteiger partial charge in [0.15, 0.2) is 15.6 Å². The van der Waals surface area contributed by atoms with Crippen molar-refractivity contribution in [2.24, 2.45) is 0 Å². The van der Waals surface area contributed by atoms with E-state index in [-0.39, 0.29) is 5.78 Å². The Morgan fingerprint density at radius 3 is 2.67 bits per heavy atom. The number of carbonyl (C=O) groups is 1. The summed E-state index contributed by atoms with van der Waals surface area (Å²) >= 11 is 3.34. The molecule has 0 saturated heterocycles. The highest BCUT2D eigenvalue weighted by Gasteiger charge is 2.26. The maximum Gasteiger partial charge on any atom is 0.182 e. The van der Waals surface area contributed by atoms with Gasteiger partial charge < -0.3 is 4.98 Å². The van der Waals surface area contributed by atoms with E-state index in [9.17, 15) is 13.2 Å². The minimum atomic E-state index is -3.38. The van der Waals surface area contributed by atoms with Gasteiger partial charge in [0.1, 0.15) is 5.25 Å². The summed E-state index contributed by atoms with van der Waals surface area (Å²) in [5, 5.41) is -0.293. The number of aromatic amines is 1. The van der Waals surface area contributed by atoms with Gasteiger partial charge in [0.05, 0.1) is 0 Å². The smallest absolute Gasteiger partial charge is 0.182 e. The number of Topliss-reactive ketones (excluding diaryl/α,β-unsaturated/α-hetero) is 1. The third-order valence-corrected chi connectivity index (χ3v) is 4.91. The molecule has 1 heterocycles. The summed E-state index contributed by atoms with van der Waals surface area (Å²) in [4.78, 5) is 15.1. The lowest BCUT2D eigenvalue weighted by molar-refractivity contribution is 0.0993. The fraction of sp³-hybridized carbons (Fsp3) is 0.250. The Morgan fingerprint density at radius 1 is 1.39 bits per heavy atom. The van der Waals surface area contributed by atoms with Crippen LogP contribution in [0, 0.1) is 0 Å². The number of aromatic nitrogens is 1. The van der Waals surface area contributed by atoms with Gasteiger partial charge in [-0.25, -0.2) is 8.42 Å². The van der Waals surface area contributed by atoms with E-state index in [4.69, 9.17) is 0 Å². The summed E-state index contributed by atoms with van der Waals surface area (Å²) in [5.41, 5.74) is 1.21. The molecular weight excluding hydrogens is 318 g/mol. The number of nitrogens with one attached hydrogen (secondary N) is 1. The Bertz CT molecular complexity index is 718. The Morgan fingerprint density at radius 2 is 2.06 bits per heavy atom. The van der Waals surface area contributed by atoms with E-state index in [0.717, 1.165) is 21.6 Å².